The Kier molecular flexibility index (Phi) is 4.70. The molecule has 1 heterocycles. The Hall–Kier alpha value is -3.28. The molecule has 2 aromatic carbocycles. The molecule has 128 valence electrons. The number of phenols is 1. The highest BCUT2D eigenvalue weighted by atomic mass is 16.5. The van der Waals surface area contributed by atoms with Crippen molar-refractivity contribution < 1.29 is 23.8 Å². The lowest BCUT2D eigenvalue weighted by atomic mass is 10.2. The van der Waals surface area contributed by atoms with Crippen LogP contribution in [0, 0.1) is 0 Å². The van der Waals surface area contributed by atoms with E-state index in [1.807, 2.05) is 30.3 Å². The van der Waals surface area contributed by atoms with E-state index in [0.29, 0.717) is 5.76 Å². The van der Waals surface area contributed by atoms with Gasteiger partial charge in [0.25, 0.3) is 5.91 Å². The minimum atomic E-state index is -0.760. The van der Waals surface area contributed by atoms with E-state index in [1.54, 1.807) is 19.1 Å². The normalized spacial score (nSPS) is 11.9. The minimum Gasteiger partial charge on any atom is -0.507 e. The molecule has 2 N–H and O–H groups in total. The number of amides is 1. The average Bonchev–Trinajstić information content (AvgIpc) is 3.04. The van der Waals surface area contributed by atoms with Crippen LogP contribution < -0.4 is 5.32 Å². The van der Waals surface area contributed by atoms with Crippen LogP contribution in [0.4, 0.5) is 0 Å². The maximum absolute atomic E-state index is 12.0. The zero-order valence-electron chi connectivity index (χ0n) is 13.6. The Bertz CT molecular complexity index is 882. The number of carbonyl (C=O) groups excluding carboxylic acids is 2. The largest absolute Gasteiger partial charge is 0.507 e. The fraction of sp³-hybridized carbons (Fsp3) is 0.158. The van der Waals surface area contributed by atoms with E-state index in [4.69, 9.17) is 9.15 Å². The number of aromatic hydroxyl groups is 1. The van der Waals surface area contributed by atoms with Crippen LogP contribution in [0.3, 0.4) is 0 Å². The first-order valence-corrected chi connectivity index (χ1v) is 7.77. The minimum absolute atomic E-state index is 0.0145. The van der Waals surface area contributed by atoms with Crippen LogP contribution >= 0.6 is 0 Å². The van der Waals surface area contributed by atoms with Gasteiger partial charge in [0.15, 0.2) is 6.61 Å². The lowest BCUT2D eigenvalue weighted by molar-refractivity contribution is -0.125. The highest BCUT2D eigenvalue weighted by Crippen LogP contribution is 2.23. The predicted octanol–water partition coefficient (Wildman–Crippen LogP) is 3.17. The molecule has 0 saturated heterocycles. The summed E-state index contributed by atoms with van der Waals surface area (Å²) in [6.07, 6.45) is 0. The first kappa shape index (κ1) is 16.6. The molecule has 1 atom stereocenters. The summed E-state index contributed by atoms with van der Waals surface area (Å²) in [5.41, 5.74) is 0.755. The Labute approximate surface area is 144 Å². The van der Waals surface area contributed by atoms with Crippen LogP contribution in [0.1, 0.15) is 29.1 Å². The molecule has 25 heavy (non-hydrogen) atoms. The molecule has 3 aromatic rings. The van der Waals surface area contributed by atoms with Gasteiger partial charge in [0.1, 0.15) is 22.7 Å². The van der Waals surface area contributed by atoms with Crippen molar-refractivity contribution in [1.29, 1.82) is 0 Å². The van der Waals surface area contributed by atoms with Gasteiger partial charge >= 0.3 is 5.97 Å². The smallest absolute Gasteiger partial charge is 0.342 e. The van der Waals surface area contributed by atoms with Crippen LogP contribution in [-0.4, -0.2) is 23.6 Å². The quantitative estimate of drug-likeness (QED) is 0.697. The summed E-state index contributed by atoms with van der Waals surface area (Å²) < 4.78 is 10.6. The third-order valence-corrected chi connectivity index (χ3v) is 3.71. The lowest BCUT2D eigenvalue weighted by Gasteiger charge is -2.11. The summed E-state index contributed by atoms with van der Waals surface area (Å²) in [4.78, 5) is 23.8. The number of hydrogen-bond acceptors (Lipinski definition) is 5. The third-order valence-electron chi connectivity index (χ3n) is 3.71. The van der Waals surface area contributed by atoms with Gasteiger partial charge in [0.2, 0.25) is 0 Å². The topological polar surface area (TPSA) is 88.8 Å². The summed E-state index contributed by atoms with van der Waals surface area (Å²) in [5.74, 6) is -0.800. The first-order valence-electron chi connectivity index (χ1n) is 7.77. The summed E-state index contributed by atoms with van der Waals surface area (Å²) in [5, 5.41) is 13.3. The van der Waals surface area contributed by atoms with E-state index in [9.17, 15) is 14.7 Å². The van der Waals surface area contributed by atoms with Gasteiger partial charge in [-0.2, -0.15) is 0 Å². The summed E-state index contributed by atoms with van der Waals surface area (Å²) >= 11 is 0. The van der Waals surface area contributed by atoms with Gasteiger partial charge in [0, 0.05) is 5.39 Å². The summed E-state index contributed by atoms with van der Waals surface area (Å²) in [6, 6.07) is 15.0. The number of nitrogens with one attached hydrogen (secondary N) is 1. The molecule has 0 spiro atoms. The SMILES string of the molecule is C[C@@H](NC(=O)COC(=O)c1ccccc1O)c1cc2ccccc2o1. The molecule has 3 rings (SSSR count). The summed E-state index contributed by atoms with van der Waals surface area (Å²) in [6.45, 7) is 1.33. The van der Waals surface area contributed by atoms with Gasteiger partial charge < -0.3 is 19.6 Å². The van der Waals surface area contributed by atoms with Gasteiger partial charge in [-0.1, -0.05) is 30.3 Å². The molecule has 0 saturated carbocycles. The van der Waals surface area contributed by atoms with Crippen molar-refractivity contribution in [3.63, 3.8) is 0 Å². The Balaban J connectivity index is 1.57. The zero-order chi connectivity index (χ0) is 17.8. The van der Waals surface area contributed by atoms with Gasteiger partial charge in [-0.05, 0) is 31.2 Å². The predicted molar refractivity (Wildman–Crippen MR) is 91.2 cm³/mol. The number of carbonyl (C=O) groups is 2. The Morgan fingerprint density at radius 2 is 1.88 bits per heavy atom. The van der Waals surface area contributed by atoms with Crippen molar-refractivity contribution in [3.8, 4) is 5.75 Å². The van der Waals surface area contributed by atoms with E-state index < -0.39 is 18.5 Å². The molecule has 0 aliphatic carbocycles. The number of esters is 1. The van der Waals surface area contributed by atoms with Crippen molar-refractivity contribution in [1.82, 2.24) is 5.32 Å². The van der Waals surface area contributed by atoms with Crippen LogP contribution in [0.5, 0.6) is 5.75 Å². The van der Waals surface area contributed by atoms with Crippen molar-refractivity contribution in [2.45, 2.75) is 13.0 Å². The van der Waals surface area contributed by atoms with E-state index in [2.05, 4.69) is 5.32 Å². The fourth-order valence-electron chi connectivity index (χ4n) is 2.43. The number of hydrogen-bond donors (Lipinski definition) is 2. The van der Waals surface area contributed by atoms with Gasteiger partial charge in [-0.25, -0.2) is 4.79 Å². The standard InChI is InChI=1S/C19H17NO5/c1-12(17-10-13-6-2-5-9-16(13)25-17)20-18(22)11-24-19(23)14-7-3-4-8-15(14)21/h2-10,12,21H,11H2,1H3,(H,20,22)/t12-/m1/s1. The molecule has 0 aliphatic heterocycles. The maximum atomic E-state index is 12.0. The number of furan rings is 1. The highest BCUT2D eigenvalue weighted by molar-refractivity contribution is 5.93. The van der Waals surface area contributed by atoms with E-state index in [-0.39, 0.29) is 17.4 Å². The Morgan fingerprint density at radius 3 is 2.64 bits per heavy atom. The third kappa shape index (κ3) is 3.80. The molecule has 0 fully saturated rings. The zero-order valence-corrected chi connectivity index (χ0v) is 13.6. The van der Waals surface area contributed by atoms with Crippen molar-refractivity contribution in [3.05, 3.63) is 65.9 Å². The van der Waals surface area contributed by atoms with Crippen LogP contribution in [-0.2, 0) is 9.53 Å². The van der Waals surface area contributed by atoms with E-state index in [1.165, 1.54) is 12.1 Å². The summed E-state index contributed by atoms with van der Waals surface area (Å²) in [7, 11) is 0. The molecule has 0 radical (unpaired) electrons. The number of fused-ring (bicyclic) bond motifs is 1. The van der Waals surface area contributed by atoms with Crippen molar-refractivity contribution >= 4 is 22.8 Å². The fourth-order valence-corrected chi connectivity index (χ4v) is 2.43. The number of benzene rings is 2. The number of ether oxygens (including phenoxy) is 1. The van der Waals surface area contributed by atoms with Gasteiger partial charge in [-0.15, -0.1) is 0 Å². The van der Waals surface area contributed by atoms with Gasteiger partial charge in [-0.3, -0.25) is 4.79 Å². The Morgan fingerprint density at radius 1 is 1.16 bits per heavy atom. The average molecular weight is 339 g/mol. The van der Waals surface area contributed by atoms with Crippen molar-refractivity contribution in [2.24, 2.45) is 0 Å². The molecule has 0 unspecified atom stereocenters. The van der Waals surface area contributed by atoms with Crippen LogP contribution in [0.15, 0.2) is 59.0 Å². The molecule has 0 aliphatic rings. The molecule has 0 bridgehead atoms. The molecule has 6 heteroatoms. The van der Waals surface area contributed by atoms with E-state index in [0.717, 1.165) is 11.0 Å². The number of rotatable bonds is 5. The van der Waals surface area contributed by atoms with E-state index >= 15 is 0 Å². The molecule has 1 amide bonds. The monoisotopic (exact) mass is 339 g/mol. The molecular weight excluding hydrogens is 322 g/mol. The van der Waals surface area contributed by atoms with Crippen LogP contribution in [0.2, 0.25) is 0 Å². The maximum Gasteiger partial charge on any atom is 0.342 e. The second kappa shape index (κ2) is 7.09. The van der Waals surface area contributed by atoms with Gasteiger partial charge in [0.05, 0.1) is 6.04 Å². The number of phenolic OH excluding ortho intramolecular Hbond substituents is 1. The lowest BCUT2D eigenvalue weighted by Crippen LogP contribution is -2.31. The first-order chi connectivity index (χ1) is 12.0. The second-order valence-corrected chi connectivity index (χ2v) is 5.57. The second-order valence-electron chi connectivity index (χ2n) is 5.57. The molecule has 6 nitrogen and oxygen atoms in total. The number of para-hydroxylation sites is 2. The van der Waals surface area contributed by atoms with Crippen molar-refractivity contribution in [2.75, 3.05) is 6.61 Å². The molecular formula is C19H17NO5. The highest BCUT2D eigenvalue weighted by Gasteiger charge is 2.17. The molecule has 1 aromatic heterocycles. The van der Waals surface area contributed by atoms with Crippen LogP contribution in [0.25, 0.3) is 11.0 Å².